The molecule has 0 saturated carbocycles. The Bertz CT molecular complexity index is 742. The minimum absolute atomic E-state index is 0.0464. The van der Waals surface area contributed by atoms with Crippen molar-refractivity contribution in [3.63, 3.8) is 0 Å². The van der Waals surface area contributed by atoms with Crippen molar-refractivity contribution in [1.29, 1.82) is 0 Å². The third-order valence-electron chi connectivity index (χ3n) is 3.80. The van der Waals surface area contributed by atoms with Crippen LogP contribution in [0.4, 0.5) is 5.13 Å². The maximum atomic E-state index is 12.7. The number of pyridine rings is 1. The smallest absolute Gasteiger partial charge is 0.266 e. The van der Waals surface area contributed by atoms with E-state index in [-0.39, 0.29) is 5.91 Å². The first-order valence-corrected chi connectivity index (χ1v) is 8.66. The molecule has 0 aliphatic heterocycles. The summed E-state index contributed by atoms with van der Waals surface area (Å²) in [5.41, 5.74) is 3.54. The molecule has 0 radical (unpaired) electrons. The second-order valence-corrected chi connectivity index (χ2v) is 6.67. The van der Waals surface area contributed by atoms with E-state index in [0.717, 1.165) is 39.9 Å². The number of nitrogens with one attached hydrogen (secondary N) is 1. The van der Waals surface area contributed by atoms with Gasteiger partial charge in [0.25, 0.3) is 5.91 Å². The molecule has 0 saturated heterocycles. The molecule has 0 atom stereocenters. The lowest BCUT2D eigenvalue weighted by atomic mass is 10.1. The minimum Gasteiger partial charge on any atom is -0.496 e. The lowest BCUT2D eigenvalue weighted by Gasteiger charge is -2.19. The van der Waals surface area contributed by atoms with Gasteiger partial charge in [-0.15, -0.1) is 0 Å². The van der Waals surface area contributed by atoms with Gasteiger partial charge in [-0.2, -0.15) is 0 Å². The topological polar surface area (TPSA) is 67.4 Å². The van der Waals surface area contributed by atoms with Crippen LogP contribution in [0.25, 0.3) is 0 Å². The zero-order chi connectivity index (χ0) is 17.9. The summed E-state index contributed by atoms with van der Waals surface area (Å²) in [6.07, 6.45) is 1.78. The van der Waals surface area contributed by atoms with Gasteiger partial charge in [-0.05, 0) is 27.7 Å². The number of aromatic nitrogens is 2. The molecule has 2 aromatic rings. The second kappa shape index (κ2) is 7.61. The fraction of sp³-hybridized carbons (Fsp3) is 0.471. The van der Waals surface area contributed by atoms with E-state index >= 15 is 0 Å². The van der Waals surface area contributed by atoms with Crippen molar-refractivity contribution >= 4 is 22.4 Å². The molecule has 6 nitrogen and oxygen atoms in total. The molecule has 24 heavy (non-hydrogen) atoms. The number of hydrogen-bond acceptors (Lipinski definition) is 6. The van der Waals surface area contributed by atoms with Crippen LogP contribution in [0, 0.1) is 20.8 Å². The minimum atomic E-state index is -0.0464. The summed E-state index contributed by atoms with van der Waals surface area (Å²) in [7, 11) is 3.43. The first kappa shape index (κ1) is 18.2. The Morgan fingerprint density at radius 3 is 2.71 bits per heavy atom. The Hall–Kier alpha value is -2.15. The molecule has 0 unspecified atom stereocenters. The van der Waals surface area contributed by atoms with Gasteiger partial charge in [0.2, 0.25) is 0 Å². The number of amides is 1. The summed E-state index contributed by atoms with van der Waals surface area (Å²) in [6, 6.07) is 0. The lowest BCUT2D eigenvalue weighted by Crippen LogP contribution is -2.27. The fourth-order valence-electron chi connectivity index (χ4n) is 2.52. The number of nitrogens with zero attached hydrogens (tertiary/aromatic N) is 3. The molecule has 7 heteroatoms. The molecule has 0 spiro atoms. The van der Waals surface area contributed by atoms with Crippen LogP contribution in [0.5, 0.6) is 5.75 Å². The Kier molecular flexibility index (Phi) is 5.77. The number of carbonyl (C=O) groups is 1. The number of methoxy groups -OCH3 is 1. The molecule has 1 N–H and O–H groups in total. The quantitative estimate of drug-likeness (QED) is 0.868. The number of carbonyl (C=O) groups excluding carboxylic acids is 1. The number of aryl methyl sites for hydroxylation is 2. The number of hydrogen-bond donors (Lipinski definition) is 1. The number of ether oxygens (including phenoxy) is 1. The van der Waals surface area contributed by atoms with Gasteiger partial charge >= 0.3 is 0 Å². The average molecular weight is 348 g/mol. The van der Waals surface area contributed by atoms with Crippen LogP contribution >= 0.6 is 11.3 Å². The fourth-order valence-corrected chi connectivity index (χ4v) is 3.55. The van der Waals surface area contributed by atoms with Gasteiger partial charge in [-0.25, -0.2) is 4.98 Å². The first-order chi connectivity index (χ1) is 11.4. The number of rotatable bonds is 6. The van der Waals surface area contributed by atoms with Gasteiger partial charge in [-0.3, -0.25) is 9.78 Å². The van der Waals surface area contributed by atoms with Crippen LogP contribution in [0.1, 0.15) is 39.1 Å². The molecule has 0 fully saturated rings. The van der Waals surface area contributed by atoms with E-state index in [0.29, 0.717) is 11.4 Å². The normalized spacial score (nSPS) is 10.6. The third-order valence-corrected chi connectivity index (χ3v) is 4.91. The molecule has 0 aromatic carbocycles. The van der Waals surface area contributed by atoms with Gasteiger partial charge in [0.15, 0.2) is 5.13 Å². The number of thiazole rings is 1. The lowest BCUT2D eigenvalue weighted by molar-refractivity contribution is 0.0787. The van der Waals surface area contributed by atoms with E-state index in [1.165, 1.54) is 11.3 Å². The van der Waals surface area contributed by atoms with E-state index in [9.17, 15) is 4.79 Å². The van der Waals surface area contributed by atoms with Crippen LogP contribution in [-0.4, -0.2) is 41.5 Å². The first-order valence-electron chi connectivity index (χ1n) is 7.84. The molecule has 2 rings (SSSR count). The maximum absolute atomic E-state index is 12.7. The van der Waals surface area contributed by atoms with E-state index in [1.54, 1.807) is 25.3 Å². The highest BCUT2D eigenvalue weighted by Gasteiger charge is 2.20. The molecule has 0 aliphatic rings. The van der Waals surface area contributed by atoms with Crippen molar-refractivity contribution in [2.75, 3.05) is 26.0 Å². The summed E-state index contributed by atoms with van der Waals surface area (Å²) in [5.74, 6) is 0.777. The Balaban J connectivity index is 2.21. The van der Waals surface area contributed by atoms with Crippen molar-refractivity contribution in [2.24, 2.45) is 0 Å². The third kappa shape index (κ3) is 3.67. The zero-order valence-electron chi connectivity index (χ0n) is 15.1. The van der Waals surface area contributed by atoms with Gasteiger partial charge in [0.1, 0.15) is 10.6 Å². The standard InChI is InChI=1S/C17H24N4O2S/c1-7-18-17-20-12(4)15(24-17)16(22)21(5)9-13-11(3)14(23-6)10(2)8-19-13/h8H,7,9H2,1-6H3,(H,18,20). The van der Waals surface area contributed by atoms with Crippen molar-refractivity contribution in [3.8, 4) is 5.75 Å². The summed E-state index contributed by atoms with van der Waals surface area (Å²) >= 11 is 1.39. The zero-order valence-corrected chi connectivity index (χ0v) is 15.9. The monoisotopic (exact) mass is 348 g/mol. The van der Waals surface area contributed by atoms with Crippen molar-refractivity contribution in [1.82, 2.24) is 14.9 Å². The summed E-state index contributed by atoms with van der Waals surface area (Å²) in [4.78, 5) is 23.9. The molecular weight excluding hydrogens is 324 g/mol. The van der Waals surface area contributed by atoms with Crippen LogP contribution < -0.4 is 10.1 Å². The molecule has 1 amide bonds. The predicted octanol–water partition coefficient (Wildman–Crippen LogP) is 3.18. The van der Waals surface area contributed by atoms with Crippen molar-refractivity contribution in [3.05, 3.63) is 33.6 Å². The molecule has 0 aliphatic carbocycles. The van der Waals surface area contributed by atoms with E-state index in [1.807, 2.05) is 27.7 Å². The van der Waals surface area contributed by atoms with E-state index in [2.05, 4.69) is 15.3 Å². The van der Waals surface area contributed by atoms with Gasteiger partial charge in [-0.1, -0.05) is 11.3 Å². The SMILES string of the molecule is CCNc1nc(C)c(C(=O)N(C)Cc2ncc(C)c(OC)c2C)s1. The van der Waals surface area contributed by atoms with Gasteiger partial charge in [0, 0.05) is 30.9 Å². The van der Waals surface area contributed by atoms with Crippen LogP contribution in [0.3, 0.4) is 0 Å². The largest absolute Gasteiger partial charge is 0.496 e. The molecule has 130 valence electrons. The molecular formula is C17H24N4O2S. The summed E-state index contributed by atoms with van der Waals surface area (Å²) < 4.78 is 5.43. The summed E-state index contributed by atoms with van der Waals surface area (Å²) in [6.45, 7) is 8.99. The molecule has 2 aromatic heterocycles. The summed E-state index contributed by atoms with van der Waals surface area (Å²) in [5, 5.41) is 3.93. The Morgan fingerprint density at radius 1 is 1.38 bits per heavy atom. The molecule has 2 heterocycles. The van der Waals surface area contributed by atoms with Crippen LogP contribution in [0.2, 0.25) is 0 Å². The maximum Gasteiger partial charge on any atom is 0.266 e. The van der Waals surface area contributed by atoms with Crippen LogP contribution in [0.15, 0.2) is 6.20 Å². The Labute approximate surface area is 146 Å². The van der Waals surface area contributed by atoms with Crippen LogP contribution in [-0.2, 0) is 6.54 Å². The average Bonchev–Trinajstić information content (AvgIpc) is 2.90. The Morgan fingerprint density at radius 2 is 2.08 bits per heavy atom. The van der Waals surface area contributed by atoms with Gasteiger partial charge < -0.3 is 15.0 Å². The van der Waals surface area contributed by atoms with Crippen molar-refractivity contribution < 1.29 is 9.53 Å². The molecule has 0 bridgehead atoms. The predicted molar refractivity (Wildman–Crippen MR) is 97.1 cm³/mol. The second-order valence-electron chi connectivity index (χ2n) is 5.67. The van der Waals surface area contributed by atoms with Gasteiger partial charge in [0.05, 0.1) is 25.0 Å². The highest BCUT2D eigenvalue weighted by Crippen LogP contribution is 2.27. The van der Waals surface area contributed by atoms with E-state index in [4.69, 9.17) is 4.74 Å². The highest BCUT2D eigenvalue weighted by molar-refractivity contribution is 7.17. The number of anilines is 1. The van der Waals surface area contributed by atoms with E-state index < -0.39 is 0 Å². The highest BCUT2D eigenvalue weighted by atomic mass is 32.1. The van der Waals surface area contributed by atoms with Crippen molar-refractivity contribution in [2.45, 2.75) is 34.2 Å².